The predicted molar refractivity (Wildman–Crippen MR) is 126 cm³/mol. The summed E-state index contributed by atoms with van der Waals surface area (Å²) < 4.78 is 5.95. The van der Waals surface area contributed by atoms with E-state index in [2.05, 4.69) is 37.1 Å². The Balaban J connectivity index is 1.22. The van der Waals surface area contributed by atoms with Crippen molar-refractivity contribution in [1.29, 1.82) is 0 Å². The smallest absolute Gasteiger partial charge is 0.219 e. The summed E-state index contributed by atoms with van der Waals surface area (Å²) >= 11 is 0. The molecule has 0 amide bonds. The van der Waals surface area contributed by atoms with Gasteiger partial charge < -0.3 is 4.74 Å². The Bertz CT molecular complexity index is 1230. The number of ether oxygens (including phenoxy) is 1. The highest BCUT2D eigenvalue weighted by molar-refractivity contribution is 5.80. The molecule has 0 saturated carbocycles. The minimum absolute atomic E-state index is 0.227. The van der Waals surface area contributed by atoms with Crippen LogP contribution in [0.5, 0.6) is 11.6 Å². The third kappa shape index (κ3) is 5.24. The van der Waals surface area contributed by atoms with Gasteiger partial charge in [-0.25, -0.2) is 4.98 Å². The van der Waals surface area contributed by atoms with Crippen LogP contribution in [0.15, 0.2) is 60.9 Å². The number of ketones is 1. The Kier molecular flexibility index (Phi) is 6.10. The topological polar surface area (TPSA) is 87.2 Å². The normalized spacial score (nSPS) is 15.1. The first-order valence-electron chi connectivity index (χ1n) is 11.1. The summed E-state index contributed by atoms with van der Waals surface area (Å²) in [5.41, 5.74) is 3.86. The first-order valence-corrected chi connectivity index (χ1v) is 11.1. The monoisotopic (exact) mass is 442 g/mol. The third-order valence-corrected chi connectivity index (χ3v) is 5.79. The van der Waals surface area contributed by atoms with Crippen LogP contribution >= 0.6 is 0 Å². The van der Waals surface area contributed by atoms with E-state index in [1.54, 1.807) is 19.3 Å². The number of pyridine rings is 2. The maximum atomic E-state index is 11.3. The number of fused-ring (bicyclic) bond motifs is 1. The molecule has 8 heteroatoms. The Morgan fingerprint density at radius 3 is 2.61 bits per heavy atom. The summed E-state index contributed by atoms with van der Waals surface area (Å²) in [6, 6.07) is 15.7. The fraction of sp³-hybridized carbons (Fsp3) is 0.280. The van der Waals surface area contributed by atoms with Crippen LogP contribution in [0.4, 0.5) is 0 Å². The molecule has 168 valence electrons. The molecule has 0 aliphatic carbocycles. The first-order chi connectivity index (χ1) is 16.1. The largest absolute Gasteiger partial charge is 0.439 e. The van der Waals surface area contributed by atoms with Crippen molar-refractivity contribution in [3.05, 3.63) is 66.6 Å². The van der Waals surface area contributed by atoms with Gasteiger partial charge in [-0.3, -0.25) is 24.7 Å². The fourth-order valence-electron chi connectivity index (χ4n) is 4.08. The van der Waals surface area contributed by atoms with Gasteiger partial charge in [0.05, 0.1) is 23.4 Å². The molecule has 1 aromatic carbocycles. The first kappa shape index (κ1) is 21.2. The van der Waals surface area contributed by atoms with Gasteiger partial charge in [0.1, 0.15) is 11.5 Å². The number of rotatable bonds is 7. The van der Waals surface area contributed by atoms with Crippen molar-refractivity contribution < 1.29 is 9.53 Å². The van der Waals surface area contributed by atoms with E-state index >= 15 is 0 Å². The van der Waals surface area contributed by atoms with Crippen LogP contribution in [-0.2, 0) is 11.3 Å². The quantitative estimate of drug-likeness (QED) is 0.469. The number of nitrogens with one attached hydrogen (secondary N) is 1. The molecule has 5 rings (SSSR count). The van der Waals surface area contributed by atoms with E-state index in [1.807, 2.05) is 36.4 Å². The average Bonchev–Trinajstić information content (AvgIpc) is 3.36. The summed E-state index contributed by atoms with van der Waals surface area (Å²) in [7, 11) is 0. The van der Waals surface area contributed by atoms with E-state index in [0.717, 1.165) is 66.3 Å². The highest BCUT2D eigenvalue weighted by Gasteiger charge is 2.18. The van der Waals surface area contributed by atoms with E-state index in [9.17, 15) is 4.79 Å². The summed E-state index contributed by atoms with van der Waals surface area (Å²) in [5, 5.41) is 7.91. The zero-order chi connectivity index (χ0) is 22.6. The molecule has 4 heterocycles. The second-order valence-corrected chi connectivity index (χ2v) is 8.37. The van der Waals surface area contributed by atoms with Crippen LogP contribution in [0.2, 0.25) is 0 Å². The maximum absolute atomic E-state index is 11.3. The number of piperazine rings is 1. The highest BCUT2D eigenvalue weighted by Crippen LogP contribution is 2.26. The standard InChI is InChI=1S/C25H26N6O2/c1-18(32)16-30-10-12-31(13-11-30)17-21-4-2-19-14-22(5-6-23(19)28-21)33-25-7-3-20(15-26-25)24-8-9-27-29-24/h2-9,14-15H,10-13,16-17H2,1H3,(H,27,29). The van der Waals surface area contributed by atoms with Crippen molar-refractivity contribution in [3.8, 4) is 22.9 Å². The van der Waals surface area contributed by atoms with Gasteiger partial charge in [-0.1, -0.05) is 6.07 Å². The number of aromatic nitrogens is 4. The molecular formula is C25H26N6O2. The zero-order valence-corrected chi connectivity index (χ0v) is 18.6. The van der Waals surface area contributed by atoms with Crippen molar-refractivity contribution in [2.75, 3.05) is 32.7 Å². The summed E-state index contributed by atoms with van der Waals surface area (Å²) in [4.78, 5) is 25.1. The molecule has 33 heavy (non-hydrogen) atoms. The predicted octanol–water partition coefficient (Wildman–Crippen LogP) is 3.52. The van der Waals surface area contributed by atoms with Crippen molar-refractivity contribution in [1.82, 2.24) is 30.0 Å². The molecule has 1 saturated heterocycles. The lowest BCUT2D eigenvalue weighted by molar-refractivity contribution is -0.118. The van der Waals surface area contributed by atoms with Crippen molar-refractivity contribution >= 4 is 16.7 Å². The molecule has 0 unspecified atom stereocenters. The molecule has 0 atom stereocenters. The molecule has 1 aliphatic heterocycles. The molecule has 4 aromatic rings. The molecule has 0 bridgehead atoms. The van der Waals surface area contributed by atoms with Crippen LogP contribution in [-0.4, -0.2) is 68.5 Å². The van der Waals surface area contributed by atoms with Gasteiger partial charge in [0.2, 0.25) is 5.88 Å². The van der Waals surface area contributed by atoms with Crippen LogP contribution in [0.3, 0.4) is 0 Å². The number of hydrogen-bond donors (Lipinski definition) is 1. The Hall–Kier alpha value is -3.62. The van der Waals surface area contributed by atoms with Crippen molar-refractivity contribution in [3.63, 3.8) is 0 Å². The average molecular weight is 443 g/mol. The number of carbonyl (C=O) groups excluding carboxylic acids is 1. The van der Waals surface area contributed by atoms with Gasteiger partial charge in [-0.15, -0.1) is 0 Å². The summed E-state index contributed by atoms with van der Waals surface area (Å²) in [6.45, 7) is 6.76. The van der Waals surface area contributed by atoms with Crippen LogP contribution in [0.1, 0.15) is 12.6 Å². The van der Waals surface area contributed by atoms with Gasteiger partial charge in [-0.05, 0) is 43.3 Å². The Morgan fingerprint density at radius 1 is 1.03 bits per heavy atom. The van der Waals surface area contributed by atoms with E-state index < -0.39 is 0 Å². The number of carbonyl (C=O) groups is 1. The molecule has 3 aromatic heterocycles. The van der Waals surface area contributed by atoms with E-state index in [-0.39, 0.29) is 5.78 Å². The lowest BCUT2D eigenvalue weighted by atomic mass is 10.2. The highest BCUT2D eigenvalue weighted by atomic mass is 16.5. The zero-order valence-electron chi connectivity index (χ0n) is 18.6. The van der Waals surface area contributed by atoms with Crippen molar-refractivity contribution in [2.24, 2.45) is 0 Å². The second kappa shape index (κ2) is 9.48. The SMILES string of the molecule is CC(=O)CN1CCN(Cc2ccc3cc(Oc4ccc(-c5ccn[nH]5)cn4)ccc3n2)CC1. The van der Waals surface area contributed by atoms with E-state index in [1.165, 1.54) is 0 Å². The molecule has 8 nitrogen and oxygen atoms in total. The van der Waals surface area contributed by atoms with E-state index in [0.29, 0.717) is 12.4 Å². The molecule has 1 fully saturated rings. The number of nitrogens with zero attached hydrogens (tertiary/aromatic N) is 5. The lowest BCUT2D eigenvalue weighted by Gasteiger charge is -2.33. The maximum Gasteiger partial charge on any atom is 0.219 e. The number of benzene rings is 1. The van der Waals surface area contributed by atoms with Gasteiger partial charge in [0.15, 0.2) is 0 Å². The van der Waals surface area contributed by atoms with Crippen LogP contribution in [0.25, 0.3) is 22.2 Å². The van der Waals surface area contributed by atoms with Crippen LogP contribution in [0, 0.1) is 0 Å². The second-order valence-electron chi connectivity index (χ2n) is 8.37. The minimum atomic E-state index is 0.227. The number of Topliss-reactive ketones (excluding diaryl/α,β-unsaturated/α-hetero) is 1. The van der Waals surface area contributed by atoms with Gasteiger partial charge >= 0.3 is 0 Å². The molecule has 0 radical (unpaired) electrons. The summed E-state index contributed by atoms with van der Waals surface area (Å²) in [6.07, 6.45) is 3.47. The fourth-order valence-corrected chi connectivity index (χ4v) is 4.08. The minimum Gasteiger partial charge on any atom is -0.439 e. The summed E-state index contributed by atoms with van der Waals surface area (Å²) in [5.74, 6) is 1.48. The lowest BCUT2D eigenvalue weighted by Crippen LogP contribution is -2.47. The van der Waals surface area contributed by atoms with Crippen molar-refractivity contribution in [2.45, 2.75) is 13.5 Å². The molecule has 1 N–H and O–H groups in total. The van der Waals surface area contributed by atoms with Gasteiger partial charge in [0.25, 0.3) is 0 Å². The van der Waals surface area contributed by atoms with E-state index in [4.69, 9.17) is 9.72 Å². The van der Waals surface area contributed by atoms with Crippen LogP contribution < -0.4 is 4.74 Å². The molecule has 0 spiro atoms. The number of aromatic amines is 1. The number of H-pyrrole nitrogens is 1. The third-order valence-electron chi connectivity index (χ3n) is 5.79. The number of hydrogen-bond acceptors (Lipinski definition) is 7. The molecular weight excluding hydrogens is 416 g/mol. The van der Waals surface area contributed by atoms with Gasteiger partial charge in [0, 0.05) is 62.1 Å². The Labute approximate surface area is 192 Å². The molecule has 1 aliphatic rings. The van der Waals surface area contributed by atoms with Gasteiger partial charge in [-0.2, -0.15) is 5.10 Å². The Morgan fingerprint density at radius 2 is 1.88 bits per heavy atom.